The van der Waals surface area contributed by atoms with Gasteiger partial charge in [0.05, 0.1) is 27.7 Å². The number of quaternary nitrogens is 1. The first-order valence-corrected chi connectivity index (χ1v) is 35.0. The topological polar surface area (TPSA) is 108 Å². The predicted octanol–water partition coefficient (Wildman–Crippen LogP) is 21.9. The van der Waals surface area contributed by atoms with Gasteiger partial charge in [-0.1, -0.05) is 267 Å². The summed E-state index contributed by atoms with van der Waals surface area (Å²) in [5.74, 6) is -0.850. The summed E-state index contributed by atoms with van der Waals surface area (Å²) in [7, 11) is 1.43. The van der Waals surface area contributed by atoms with E-state index in [4.69, 9.17) is 18.5 Å². The average Bonchev–Trinajstić information content (AvgIpc) is 3.67. The highest BCUT2D eigenvalue weighted by atomic mass is 31.2. The van der Waals surface area contributed by atoms with Gasteiger partial charge >= 0.3 is 19.8 Å². The number of hydrogen-bond acceptors (Lipinski definition) is 7. The van der Waals surface area contributed by atoms with Crippen molar-refractivity contribution in [2.45, 2.75) is 238 Å². The summed E-state index contributed by atoms with van der Waals surface area (Å²) in [6.45, 7) is 4.15. The molecular weight excluding hydrogens is 1090 g/mol. The fourth-order valence-electron chi connectivity index (χ4n) is 8.36. The van der Waals surface area contributed by atoms with Gasteiger partial charge in [-0.2, -0.15) is 0 Å². The lowest BCUT2D eigenvalue weighted by molar-refractivity contribution is -0.870. The number of nitrogens with zero attached hydrogens (tertiary/aromatic N) is 1. The second-order valence-corrected chi connectivity index (χ2v) is 24.2. The third kappa shape index (κ3) is 68.2. The number of unbranched alkanes of at least 4 members (excludes halogenated alkanes) is 15. The molecule has 0 aliphatic carbocycles. The van der Waals surface area contributed by atoms with Crippen molar-refractivity contribution in [3.8, 4) is 0 Å². The number of likely N-dealkylation sites (N-methyl/N-ethyl adjacent to an activating group) is 1. The van der Waals surface area contributed by atoms with Crippen LogP contribution in [0.5, 0.6) is 0 Å². The van der Waals surface area contributed by atoms with Crippen LogP contribution in [-0.4, -0.2) is 74.9 Å². The number of allylic oxidation sites excluding steroid dienone is 30. The van der Waals surface area contributed by atoms with E-state index >= 15 is 0 Å². The summed E-state index contributed by atoms with van der Waals surface area (Å²) in [6, 6.07) is 0. The van der Waals surface area contributed by atoms with Gasteiger partial charge in [0.25, 0.3) is 0 Å². The first-order chi connectivity index (χ1) is 42.0. The second kappa shape index (κ2) is 64.6. The lowest BCUT2D eigenvalue weighted by Crippen LogP contribution is -2.37. The summed E-state index contributed by atoms with van der Waals surface area (Å²) in [4.78, 5) is 35.8. The number of carbonyl (C=O) groups excluding carboxylic acids is 2. The van der Waals surface area contributed by atoms with E-state index in [0.29, 0.717) is 17.4 Å². The van der Waals surface area contributed by atoms with Gasteiger partial charge in [-0.05, 0) is 135 Å². The molecule has 2 atom stereocenters. The molecule has 0 aromatic rings. The Labute approximate surface area is 527 Å². The van der Waals surface area contributed by atoms with Crippen LogP contribution in [0.4, 0.5) is 0 Å². The highest BCUT2D eigenvalue weighted by Gasteiger charge is 2.27. The maximum Gasteiger partial charge on any atom is 0.472 e. The van der Waals surface area contributed by atoms with Crippen molar-refractivity contribution in [2.24, 2.45) is 0 Å². The zero-order valence-corrected chi connectivity index (χ0v) is 55.9. The molecule has 0 rings (SSSR count). The lowest BCUT2D eigenvalue weighted by atomic mass is 10.0. The van der Waals surface area contributed by atoms with Crippen LogP contribution in [-0.2, 0) is 32.7 Å². The van der Waals surface area contributed by atoms with Gasteiger partial charge in [0.15, 0.2) is 6.10 Å². The Hall–Kier alpha value is -4.89. The SMILES string of the molecule is CC/C=C\C/C=C\C/C=C\C/C=C\C/C=C\C/C=C\C/C=C\C/C=C\C/C=C\C/C=C\C/C=C\CCCCCC(=O)OC(COC(=O)CCCCCCCCCCCCCC/C=C\C/C=C\C/C=C\C/C=C\CC)COP(=O)(O)OCC[N+](C)(C)C. The van der Waals surface area contributed by atoms with Crippen molar-refractivity contribution in [3.63, 3.8) is 0 Å². The summed E-state index contributed by atoms with van der Waals surface area (Å²) in [5, 5.41) is 0. The van der Waals surface area contributed by atoms with Crippen LogP contribution >= 0.6 is 7.82 Å². The Morgan fingerprint density at radius 1 is 0.360 bits per heavy atom. The standard InChI is InChI=1S/C76H122NO8P/c1-6-8-10-12-14-16-18-20-22-24-26-28-30-32-33-34-35-36-37-38-39-40-41-42-43-45-47-49-51-53-55-57-59-61-63-65-67-69-76(79)85-74(73-84-86(80,81)83-71-70-77(3,4)5)72-82-75(78)68-66-64-62-60-58-56-54-52-50-48-46-44-31-29-27-25-23-21-19-17-15-13-11-9-7-2/h8-11,14-17,20-23,26-29,32-33,35-36,38-39,41-42,45,47,51,53,57,59,74H,6-7,12-13,18-19,24-25,30-31,34,37,40,43-44,46,48-50,52,54-56,58,60-73H2,1-5H3/p+1/b10-8-,11-9-,16-14-,17-15-,22-20-,23-21-,28-26-,29-27-,33-32-,36-35-,39-38-,42-41-,47-45-,53-51-,59-57-. The van der Waals surface area contributed by atoms with Gasteiger partial charge in [-0.25, -0.2) is 4.57 Å². The molecule has 0 heterocycles. The Bertz CT molecular complexity index is 2100. The van der Waals surface area contributed by atoms with Crippen LogP contribution < -0.4 is 0 Å². The number of hydrogen-bond donors (Lipinski definition) is 1. The molecule has 0 aliphatic heterocycles. The Morgan fingerprint density at radius 2 is 0.628 bits per heavy atom. The van der Waals surface area contributed by atoms with E-state index in [9.17, 15) is 19.0 Å². The number of rotatable bonds is 59. The number of ether oxygens (including phenoxy) is 2. The molecular formula is C76H123NO8P+. The van der Waals surface area contributed by atoms with Gasteiger partial charge in [0.1, 0.15) is 19.8 Å². The third-order valence-corrected chi connectivity index (χ3v) is 14.4. The summed E-state index contributed by atoms with van der Waals surface area (Å²) < 4.78 is 34.6. The van der Waals surface area contributed by atoms with E-state index in [0.717, 1.165) is 141 Å². The summed E-state index contributed by atoms with van der Waals surface area (Å²) in [6.07, 6.45) is 99.8. The predicted molar refractivity (Wildman–Crippen MR) is 371 cm³/mol. The highest BCUT2D eigenvalue weighted by molar-refractivity contribution is 7.47. The van der Waals surface area contributed by atoms with Crippen LogP contribution in [0.3, 0.4) is 0 Å². The molecule has 0 amide bonds. The molecule has 484 valence electrons. The first-order valence-electron chi connectivity index (χ1n) is 33.5. The molecule has 0 saturated carbocycles. The molecule has 86 heavy (non-hydrogen) atoms. The van der Waals surface area contributed by atoms with Gasteiger partial charge < -0.3 is 18.9 Å². The average molecular weight is 1210 g/mol. The molecule has 9 nitrogen and oxygen atoms in total. The van der Waals surface area contributed by atoms with Crippen LogP contribution in [0.2, 0.25) is 0 Å². The summed E-state index contributed by atoms with van der Waals surface area (Å²) in [5.41, 5.74) is 0. The first kappa shape index (κ1) is 81.1. The van der Waals surface area contributed by atoms with Crippen LogP contribution in [0.15, 0.2) is 182 Å². The molecule has 0 spiro atoms. The molecule has 10 heteroatoms. The Morgan fingerprint density at radius 3 is 0.942 bits per heavy atom. The normalized spacial score (nSPS) is 14.3. The van der Waals surface area contributed by atoms with E-state index in [-0.39, 0.29) is 32.0 Å². The van der Waals surface area contributed by atoms with E-state index in [2.05, 4.69) is 196 Å². The minimum Gasteiger partial charge on any atom is -0.462 e. The van der Waals surface area contributed by atoms with E-state index in [1.807, 2.05) is 21.1 Å². The van der Waals surface area contributed by atoms with Crippen molar-refractivity contribution >= 4 is 19.8 Å². The number of esters is 2. The summed E-state index contributed by atoms with van der Waals surface area (Å²) >= 11 is 0. The van der Waals surface area contributed by atoms with Gasteiger partial charge in [-0.15, -0.1) is 0 Å². The molecule has 0 bridgehead atoms. The van der Waals surface area contributed by atoms with Crippen molar-refractivity contribution in [3.05, 3.63) is 182 Å². The zero-order valence-electron chi connectivity index (χ0n) is 55.0. The number of phosphoric ester groups is 1. The fraction of sp³-hybridized carbons (Fsp3) is 0.579. The van der Waals surface area contributed by atoms with Gasteiger partial charge in [0.2, 0.25) is 0 Å². The van der Waals surface area contributed by atoms with E-state index < -0.39 is 26.5 Å². The Balaban J connectivity index is 4.23. The maximum atomic E-state index is 12.9. The number of phosphoric acid groups is 1. The minimum absolute atomic E-state index is 0.0145. The lowest BCUT2D eigenvalue weighted by Gasteiger charge is -2.24. The maximum absolute atomic E-state index is 12.9. The molecule has 0 aromatic heterocycles. The Kier molecular flexibility index (Phi) is 60.9. The van der Waals surface area contributed by atoms with Crippen molar-refractivity contribution in [1.82, 2.24) is 0 Å². The number of carbonyl (C=O) groups is 2. The molecule has 0 fully saturated rings. The fourth-order valence-corrected chi connectivity index (χ4v) is 9.11. The van der Waals surface area contributed by atoms with Gasteiger partial charge in [0, 0.05) is 12.8 Å². The van der Waals surface area contributed by atoms with Crippen molar-refractivity contribution in [1.29, 1.82) is 0 Å². The molecule has 0 radical (unpaired) electrons. The quantitative estimate of drug-likeness (QED) is 0.0211. The largest absolute Gasteiger partial charge is 0.472 e. The second-order valence-electron chi connectivity index (χ2n) is 22.7. The third-order valence-electron chi connectivity index (χ3n) is 13.4. The monoisotopic (exact) mass is 1210 g/mol. The highest BCUT2D eigenvalue weighted by Crippen LogP contribution is 2.43. The van der Waals surface area contributed by atoms with Gasteiger partial charge in [-0.3, -0.25) is 18.6 Å². The minimum atomic E-state index is -4.41. The van der Waals surface area contributed by atoms with Crippen molar-refractivity contribution in [2.75, 3.05) is 47.5 Å². The molecule has 1 N–H and O–H groups in total. The van der Waals surface area contributed by atoms with E-state index in [1.54, 1.807) is 0 Å². The zero-order chi connectivity index (χ0) is 62.6. The molecule has 0 aromatic carbocycles. The van der Waals surface area contributed by atoms with Crippen LogP contribution in [0.25, 0.3) is 0 Å². The molecule has 0 aliphatic rings. The van der Waals surface area contributed by atoms with Crippen molar-refractivity contribution < 1.29 is 42.1 Å². The molecule has 0 saturated heterocycles. The van der Waals surface area contributed by atoms with E-state index in [1.165, 1.54) is 57.8 Å². The molecule has 2 unspecified atom stereocenters. The van der Waals surface area contributed by atoms with Crippen LogP contribution in [0.1, 0.15) is 232 Å². The van der Waals surface area contributed by atoms with Crippen LogP contribution in [0, 0.1) is 0 Å². The smallest absolute Gasteiger partial charge is 0.462 e.